The van der Waals surface area contributed by atoms with Crippen molar-refractivity contribution in [2.45, 2.75) is 26.7 Å². The van der Waals surface area contributed by atoms with Crippen LogP contribution in [-0.2, 0) is 6.42 Å². The number of aryl methyl sites for hydroxylation is 2. The number of carbonyl (C=O) groups is 1. The van der Waals surface area contributed by atoms with Gasteiger partial charge in [0.15, 0.2) is 0 Å². The molecule has 1 aromatic heterocycles. The van der Waals surface area contributed by atoms with Gasteiger partial charge in [-0.1, -0.05) is 6.92 Å². The second kappa shape index (κ2) is 6.77. The number of thiophene rings is 1. The Hall–Kier alpha value is -0.870. The fourth-order valence-electron chi connectivity index (χ4n) is 1.67. The van der Waals surface area contributed by atoms with E-state index in [9.17, 15) is 4.79 Å². The van der Waals surface area contributed by atoms with E-state index >= 15 is 0 Å². The Morgan fingerprint density at radius 3 is 2.71 bits per heavy atom. The van der Waals surface area contributed by atoms with Gasteiger partial charge < -0.3 is 10.2 Å². The van der Waals surface area contributed by atoms with Crippen LogP contribution in [0.4, 0.5) is 0 Å². The molecule has 0 fully saturated rings. The van der Waals surface area contributed by atoms with Crippen molar-refractivity contribution in [3.63, 3.8) is 0 Å². The van der Waals surface area contributed by atoms with Gasteiger partial charge in [0.1, 0.15) is 0 Å². The van der Waals surface area contributed by atoms with Gasteiger partial charge in [-0.05, 0) is 52.0 Å². The molecule has 0 radical (unpaired) electrons. The lowest BCUT2D eigenvalue weighted by molar-refractivity contribution is 0.0956. The van der Waals surface area contributed by atoms with Crippen LogP contribution in [0.25, 0.3) is 0 Å². The first kappa shape index (κ1) is 14.2. The molecule has 0 atom stereocenters. The fraction of sp³-hybridized carbons (Fsp3) is 0.615. The third-order valence-corrected chi connectivity index (χ3v) is 4.01. The van der Waals surface area contributed by atoms with Crippen molar-refractivity contribution in [2.24, 2.45) is 0 Å². The van der Waals surface area contributed by atoms with Crippen LogP contribution in [0.1, 0.15) is 33.5 Å². The Balaban J connectivity index is 2.41. The first-order chi connectivity index (χ1) is 8.04. The maximum atomic E-state index is 11.9. The van der Waals surface area contributed by atoms with Crippen molar-refractivity contribution in [3.05, 3.63) is 21.4 Å². The molecule has 0 aromatic carbocycles. The van der Waals surface area contributed by atoms with Gasteiger partial charge >= 0.3 is 0 Å². The minimum atomic E-state index is 0.0663. The summed E-state index contributed by atoms with van der Waals surface area (Å²) in [6.45, 7) is 5.94. The summed E-state index contributed by atoms with van der Waals surface area (Å²) < 4.78 is 0. The SMILES string of the molecule is CCc1sc(C(=O)NCCCN(C)C)cc1C. The topological polar surface area (TPSA) is 32.3 Å². The number of hydrogen-bond acceptors (Lipinski definition) is 3. The lowest BCUT2D eigenvalue weighted by Crippen LogP contribution is -2.26. The smallest absolute Gasteiger partial charge is 0.261 e. The molecule has 1 rings (SSSR count). The average molecular weight is 254 g/mol. The van der Waals surface area contributed by atoms with Crippen LogP contribution in [-0.4, -0.2) is 38.0 Å². The van der Waals surface area contributed by atoms with E-state index in [0.717, 1.165) is 30.8 Å². The van der Waals surface area contributed by atoms with E-state index in [-0.39, 0.29) is 5.91 Å². The highest BCUT2D eigenvalue weighted by Crippen LogP contribution is 2.22. The van der Waals surface area contributed by atoms with Gasteiger partial charge in [0.2, 0.25) is 0 Å². The summed E-state index contributed by atoms with van der Waals surface area (Å²) in [6, 6.07) is 1.99. The Bertz CT molecular complexity index is 371. The first-order valence-corrected chi connectivity index (χ1v) is 6.88. The van der Waals surface area contributed by atoms with E-state index < -0.39 is 0 Å². The van der Waals surface area contributed by atoms with Gasteiger partial charge in [0, 0.05) is 11.4 Å². The van der Waals surface area contributed by atoms with Crippen molar-refractivity contribution in [1.82, 2.24) is 10.2 Å². The predicted molar refractivity (Wildman–Crippen MR) is 73.9 cm³/mol. The summed E-state index contributed by atoms with van der Waals surface area (Å²) in [4.78, 5) is 16.1. The molecular weight excluding hydrogens is 232 g/mol. The highest BCUT2D eigenvalue weighted by molar-refractivity contribution is 7.14. The van der Waals surface area contributed by atoms with E-state index in [0.29, 0.717) is 0 Å². The molecule has 0 unspecified atom stereocenters. The summed E-state index contributed by atoms with van der Waals surface area (Å²) in [5.74, 6) is 0.0663. The Labute approximate surface area is 108 Å². The van der Waals surface area contributed by atoms with Crippen molar-refractivity contribution >= 4 is 17.2 Å². The zero-order valence-electron chi connectivity index (χ0n) is 11.2. The molecular formula is C13H22N2OS. The second-order valence-corrected chi connectivity index (χ2v) is 5.62. The number of hydrogen-bond donors (Lipinski definition) is 1. The van der Waals surface area contributed by atoms with Crippen molar-refractivity contribution < 1.29 is 4.79 Å². The van der Waals surface area contributed by atoms with E-state index in [1.807, 2.05) is 20.2 Å². The molecule has 4 heteroatoms. The summed E-state index contributed by atoms with van der Waals surface area (Å²) in [5, 5.41) is 2.96. The van der Waals surface area contributed by atoms with Crippen LogP contribution in [0.5, 0.6) is 0 Å². The van der Waals surface area contributed by atoms with Crippen LogP contribution in [0.2, 0.25) is 0 Å². The molecule has 0 saturated heterocycles. The summed E-state index contributed by atoms with van der Waals surface area (Å²) >= 11 is 1.61. The molecule has 0 spiro atoms. The number of amides is 1. The van der Waals surface area contributed by atoms with Crippen molar-refractivity contribution in [2.75, 3.05) is 27.2 Å². The van der Waals surface area contributed by atoms with Crippen LogP contribution >= 0.6 is 11.3 Å². The van der Waals surface area contributed by atoms with E-state index in [1.165, 1.54) is 10.4 Å². The molecule has 1 aromatic rings. The monoisotopic (exact) mass is 254 g/mol. The highest BCUT2D eigenvalue weighted by atomic mass is 32.1. The van der Waals surface area contributed by atoms with Crippen molar-refractivity contribution in [3.8, 4) is 0 Å². The molecule has 0 aliphatic carbocycles. The number of nitrogens with zero attached hydrogens (tertiary/aromatic N) is 1. The fourth-order valence-corrected chi connectivity index (χ4v) is 2.70. The van der Waals surface area contributed by atoms with E-state index in [4.69, 9.17) is 0 Å². The predicted octanol–water partition coefficient (Wildman–Crippen LogP) is 2.30. The summed E-state index contributed by atoms with van der Waals surface area (Å²) in [5.41, 5.74) is 1.23. The molecule has 1 N–H and O–H groups in total. The van der Waals surface area contributed by atoms with Gasteiger partial charge in [-0.25, -0.2) is 0 Å². The van der Waals surface area contributed by atoms with Gasteiger partial charge in [-0.2, -0.15) is 0 Å². The Kier molecular flexibility index (Phi) is 5.65. The maximum absolute atomic E-state index is 11.9. The molecule has 0 bridgehead atoms. The Morgan fingerprint density at radius 2 is 2.18 bits per heavy atom. The second-order valence-electron chi connectivity index (χ2n) is 4.48. The average Bonchev–Trinajstić information content (AvgIpc) is 2.65. The minimum Gasteiger partial charge on any atom is -0.351 e. The summed E-state index contributed by atoms with van der Waals surface area (Å²) in [6.07, 6.45) is 1.99. The van der Waals surface area contributed by atoms with Crippen LogP contribution in [0.3, 0.4) is 0 Å². The molecule has 0 aliphatic heterocycles. The van der Waals surface area contributed by atoms with E-state index in [1.54, 1.807) is 11.3 Å². The van der Waals surface area contributed by atoms with Crippen molar-refractivity contribution in [1.29, 1.82) is 0 Å². The number of nitrogens with one attached hydrogen (secondary N) is 1. The molecule has 1 amide bonds. The maximum Gasteiger partial charge on any atom is 0.261 e. The standard InChI is InChI=1S/C13H22N2OS/c1-5-11-10(2)9-12(17-11)13(16)14-7-6-8-15(3)4/h9H,5-8H2,1-4H3,(H,14,16). The van der Waals surface area contributed by atoms with Gasteiger partial charge in [0.25, 0.3) is 5.91 Å². The molecule has 17 heavy (non-hydrogen) atoms. The molecule has 0 saturated carbocycles. The van der Waals surface area contributed by atoms with Gasteiger partial charge in [0.05, 0.1) is 4.88 Å². The lowest BCUT2D eigenvalue weighted by atomic mass is 10.2. The summed E-state index contributed by atoms with van der Waals surface area (Å²) in [7, 11) is 4.08. The third kappa shape index (κ3) is 4.48. The zero-order chi connectivity index (χ0) is 12.8. The van der Waals surface area contributed by atoms with Crippen LogP contribution < -0.4 is 5.32 Å². The number of carbonyl (C=O) groups excluding carboxylic acids is 1. The molecule has 0 aliphatic rings. The molecule has 3 nitrogen and oxygen atoms in total. The van der Waals surface area contributed by atoms with Crippen LogP contribution in [0, 0.1) is 6.92 Å². The minimum absolute atomic E-state index is 0.0663. The molecule has 1 heterocycles. The van der Waals surface area contributed by atoms with Gasteiger partial charge in [-0.15, -0.1) is 11.3 Å². The quantitative estimate of drug-likeness (QED) is 0.790. The lowest BCUT2D eigenvalue weighted by Gasteiger charge is -2.09. The zero-order valence-corrected chi connectivity index (χ0v) is 12.0. The first-order valence-electron chi connectivity index (χ1n) is 6.06. The van der Waals surface area contributed by atoms with E-state index in [2.05, 4.69) is 24.1 Å². The highest BCUT2D eigenvalue weighted by Gasteiger charge is 2.10. The Morgan fingerprint density at radius 1 is 1.47 bits per heavy atom. The van der Waals surface area contributed by atoms with Crippen LogP contribution in [0.15, 0.2) is 6.07 Å². The van der Waals surface area contributed by atoms with Gasteiger partial charge in [-0.3, -0.25) is 4.79 Å². The largest absolute Gasteiger partial charge is 0.351 e. The molecule has 96 valence electrons. The number of rotatable bonds is 6. The third-order valence-electron chi connectivity index (χ3n) is 2.63. The normalized spacial score (nSPS) is 10.9.